The van der Waals surface area contributed by atoms with Crippen molar-refractivity contribution in [3.8, 4) is 0 Å². The summed E-state index contributed by atoms with van der Waals surface area (Å²) in [5.41, 5.74) is -2.10. The van der Waals surface area contributed by atoms with Crippen LogP contribution in [0.15, 0.2) is 0 Å². The molecule has 120 valence electrons. The van der Waals surface area contributed by atoms with Crippen molar-refractivity contribution in [1.82, 2.24) is 0 Å². The Morgan fingerprint density at radius 1 is 1.19 bits per heavy atom. The van der Waals surface area contributed by atoms with Crippen molar-refractivity contribution in [2.24, 2.45) is 0 Å². The molecule has 12 heteroatoms. The molecule has 0 aromatic carbocycles. The van der Waals surface area contributed by atoms with Crippen LogP contribution in [-0.4, -0.2) is 44.1 Å². The minimum Gasteiger partial charge on any atom is -0.726 e. The number of ether oxygens (including phenoxy) is 1. The van der Waals surface area contributed by atoms with Crippen LogP contribution in [0.1, 0.15) is 27.7 Å². The van der Waals surface area contributed by atoms with Gasteiger partial charge < -0.3 is 13.8 Å². The molecule has 0 aromatic heterocycles. The standard InChI is InChI=1S/C9H19O9PS.Li/c1-5-15-19(11,8(10)18-9(2,3)4)16-6-7-17-20(12,13)14;/h5-7H2,1-4H3,(H,12,13,14);/q;+1/p-1. The molecule has 0 spiro atoms. The topological polar surface area (TPSA) is 128 Å². The van der Waals surface area contributed by atoms with Crippen LogP contribution >= 0.6 is 7.60 Å². The number of carbonyl (C=O) groups excluding carboxylic acids is 1. The van der Waals surface area contributed by atoms with Crippen LogP contribution in [0.3, 0.4) is 0 Å². The summed E-state index contributed by atoms with van der Waals surface area (Å²) in [5.74, 6) is 0. The summed E-state index contributed by atoms with van der Waals surface area (Å²) in [7, 11) is -9.11. The Morgan fingerprint density at radius 2 is 1.71 bits per heavy atom. The maximum atomic E-state index is 12.1. The summed E-state index contributed by atoms with van der Waals surface area (Å²) in [4.78, 5) is 11.7. The van der Waals surface area contributed by atoms with E-state index in [1.807, 2.05) is 0 Å². The predicted molar refractivity (Wildman–Crippen MR) is 67.1 cm³/mol. The minimum absolute atomic E-state index is 0. The molecular formula is C9H18LiO9PS. The van der Waals surface area contributed by atoms with E-state index in [9.17, 15) is 22.3 Å². The van der Waals surface area contributed by atoms with Crippen LogP contribution in [0.2, 0.25) is 0 Å². The van der Waals surface area contributed by atoms with Gasteiger partial charge >= 0.3 is 32.2 Å². The van der Waals surface area contributed by atoms with Gasteiger partial charge in [0.25, 0.3) is 0 Å². The van der Waals surface area contributed by atoms with Crippen LogP contribution in [0.25, 0.3) is 0 Å². The van der Waals surface area contributed by atoms with Gasteiger partial charge in [-0.1, -0.05) is 0 Å². The van der Waals surface area contributed by atoms with E-state index in [1.165, 1.54) is 6.92 Å². The molecule has 0 radical (unpaired) electrons. The van der Waals surface area contributed by atoms with Crippen LogP contribution in [0, 0.1) is 0 Å². The van der Waals surface area contributed by atoms with Crippen molar-refractivity contribution < 1.29 is 59.2 Å². The third-order valence-corrected chi connectivity index (χ3v) is 3.60. The zero-order valence-electron chi connectivity index (χ0n) is 12.7. The van der Waals surface area contributed by atoms with E-state index in [4.69, 9.17) is 13.8 Å². The van der Waals surface area contributed by atoms with Gasteiger partial charge in [0.15, 0.2) is 0 Å². The third kappa shape index (κ3) is 11.3. The number of rotatable bonds is 8. The molecule has 0 aliphatic carbocycles. The molecule has 0 fully saturated rings. The molecule has 0 amide bonds. The second-order valence-corrected chi connectivity index (χ2v) is 7.39. The smallest absolute Gasteiger partial charge is 0.726 e. The Bertz CT molecular complexity index is 470. The SMILES string of the molecule is CCOP(=O)(OCCOS(=O)(=O)[O-])C(=O)OC(C)(C)C.[Li+]. The third-order valence-electron chi connectivity index (χ3n) is 1.49. The number of carbonyl (C=O) groups is 1. The van der Waals surface area contributed by atoms with E-state index in [0.717, 1.165) is 0 Å². The Balaban J connectivity index is 0. The van der Waals surface area contributed by atoms with Crippen molar-refractivity contribution in [1.29, 1.82) is 0 Å². The zero-order chi connectivity index (χ0) is 16.0. The second-order valence-electron chi connectivity index (χ2n) is 4.46. The zero-order valence-corrected chi connectivity index (χ0v) is 14.4. The molecule has 1 unspecified atom stereocenters. The molecule has 0 aromatic rings. The molecular weight excluding hydrogens is 322 g/mol. The first-order chi connectivity index (χ1) is 8.90. The van der Waals surface area contributed by atoms with E-state index < -0.39 is 42.5 Å². The van der Waals surface area contributed by atoms with Gasteiger partial charge in [0.2, 0.25) is 10.4 Å². The summed E-state index contributed by atoms with van der Waals surface area (Å²) < 4.78 is 60.8. The van der Waals surface area contributed by atoms with Gasteiger partial charge in [0, 0.05) is 0 Å². The van der Waals surface area contributed by atoms with Crippen molar-refractivity contribution in [2.75, 3.05) is 19.8 Å². The van der Waals surface area contributed by atoms with Crippen molar-refractivity contribution in [2.45, 2.75) is 33.3 Å². The van der Waals surface area contributed by atoms with Crippen LogP contribution < -0.4 is 18.9 Å². The minimum atomic E-state index is -4.88. The van der Waals surface area contributed by atoms with E-state index in [0.29, 0.717) is 0 Å². The molecule has 0 saturated carbocycles. The van der Waals surface area contributed by atoms with Gasteiger partial charge in [-0.15, -0.1) is 0 Å². The Morgan fingerprint density at radius 3 is 2.10 bits per heavy atom. The predicted octanol–water partition coefficient (Wildman–Crippen LogP) is -1.35. The quantitative estimate of drug-likeness (QED) is 0.173. The van der Waals surface area contributed by atoms with Crippen LogP contribution in [0.4, 0.5) is 4.79 Å². The first-order valence-corrected chi connectivity index (χ1v) is 8.50. The van der Waals surface area contributed by atoms with Crippen LogP contribution in [-0.2, 0) is 32.9 Å². The van der Waals surface area contributed by atoms with Gasteiger partial charge in [-0.05, 0) is 27.7 Å². The summed E-state index contributed by atoms with van der Waals surface area (Å²) in [6.45, 7) is 4.82. The van der Waals surface area contributed by atoms with Gasteiger partial charge in [0.05, 0.1) is 19.8 Å². The molecule has 1 atom stereocenters. The molecule has 9 nitrogen and oxygen atoms in total. The van der Waals surface area contributed by atoms with Gasteiger partial charge in [-0.25, -0.2) is 17.8 Å². The largest absolute Gasteiger partial charge is 1.00 e. The first kappa shape index (κ1) is 23.4. The van der Waals surface area contributed by atoms with Crippen molar-refractivity contribution in [3.05, 3.63) is 0 Å². The second kappa shape index (κ2) is 9.28. The monoisotopic (exact) mass is 340 g/mol. The van der Waals surface area contributed by atoms with E-state index in [2.05, 4.69) is 4.18 Å². The van der Waals surface area contributed by atoms with Gasteiger partial charge in [0.1, 0.15) is 5.60 Å². The molecule has 0 bridgehead atoms. The van der Waals surface area contributed by atoms with E-state index in [1.54, 1.807) is 20.8 Å². The molecule has 0 rings (SSSR count). The number of hydrogen-bond acceptors (Lipinski definition) is 9. The average Bonchev–Trinajstić information content (AvgIpc) is 2.21. The average molecular weight is 340 g/mol. The maximum absolute atomic E-state index is 12.1. The fraction of sp³-hybridized carbons (Fsp3) is 0.889. The Labute approximate surface area is 136 Å². The summed E-state index contributed by atoms with van der Waals surface area (Å²) in [6.07, 6.45) is 0. The van der Waals surface area contributed by atoms with Crippen LogP contribution in [0.5, 0.6) is 0 Å². The Hall–Kier alpha value is 0.0874. The number of hydrogen-bond donors (Lipinski definition) is 0. The van der Waals surface area contributed by atoms with Gasteiger partial charge in [-0.2, -0.15) is 0 Å². The summed E-state index contributed by atoms with van der Waals surface area (Å²) in [6, 6.07) is 0. The molecule has 0 heterocycles. The normalized spacial score (nSPS) is 14.9. The van der Waals surface area contributed by atoms with E-state index in [-0.39, 0.29) is 25.5 Å². The molecule has 0 aliphatic rings. The van der Waals surface area contributed by atoms with Crippen molar-refractivity contribution >= 4 is 23.7 Å². The fourth-order valence-corrected chi connectivity index (χ4v) is 2.52. The fourth-order valence-electron chi connectivity index (χ4n) is 0.924. The summed E-state index contributed by atoms with van der Waals surface area (Å²) in [5, 5.41) is 0. The molecule has 0 N–H and O–H groups in total. The van der Waals surface area contributed by atoms with E-state index >= 15 is 0 Å². The summed E-state index contributed by atoms with van der Waals surface area (Å²) >= 11 is 0. The van der Waals surface area contributed by atoms with Crippen molar-refractivity contribution in [3.63, 3.8) is 0 Å². The maximum Gasteiger partial charge on any atom is 1.00 e. The van der Waals surface area contributed by atoms with Gasteiger partial charge in [-0.3, -0.25) is 8.71 Å². The molecule has 0 saturated heterocycles. The first-order valence-electron chi connectivity index (χ1n) is 5.62. The molecule has 21 heavy (non-hydrogen) atoms. The Kier molecular flexibility index (Phi) is 10.3. The molecule has 0 aliphatic heterocycles.